The van der Waals surface area contributed by atoms with Gasteiger partial charge in [-0.1, -0.05) is 75.3 Å². The van der Waals surface area contributed by atoms with Crippen LogP contribution in [0.15, 0.2) is 30.3 Å². The zero-order valence-corrected chi connectivity index (χ0v) is 21.7. The van der Waals surface area contributed by atoms with E-state index in [1.54, 1.807) is 20.8 Å². The van der Waals surface area contributed by atoms with Crippen molar-refractivity contribution in [1.29, 1.82) is 0 Å². The summed E-state index contributed by atoms with van der Waals surface area (Å²) >= 11 is 0. The fourth-order valence-corrected chi connectivity index (χ4v) is 4.12. The second-order valence-electron chi connectivity index (χ2n) is 10.4. The third-order valence-corrected chi connectivity index (χ3v) is 5.92. The van der Waals surface area contributed by atoms with Gasteiger partial charge in [0.05, 0.1) is 6.42 Å². The first-order valence-corrected chi connectivity index (χ1v) is 13.1. The Morgan fingerprint density at radius 2 is 1.43 bits per heavy atom. The van der Waals surface area contributed by atoms with E-state index in [9.17, 15) is 14.4 Å². The Kier molecular flexibility index (Phi) is 12.6. The summed E-state index contributed by atoms with van der Waals surface area (Å²) in [5.74, 6) is -1.21. The Balaban J connectivity index is 1.97. The molecule has 0 spiro atoms. The molecule has 1 aliphatic rings. The number of carbonyl (C=O) groups is 3. The number of hydrogen-bond acceptors (Lipinski definition) is 6. The molecule has 0 bridgehead atoms. The van der Waals surface area contributed by atoms with Crippen LogP contribution < -0.4 is 5.32 Å². The van der Waals surface area contributed by atoms with Crippen LogP contribution >= 0.6 is 0 Å². The zero-order chi connectivity index (χ0) is 25.5. The highest BCUT2D eigenvalue weighted by atomic mass is 16.6. The van der Waals surface area contributed by atoms with Crippen LogP contribution in [0.4, 0.5) is 4.79 Å². The normalized spacial score (nSPS) is 17.2. The quantitative estimate of drug-likeness (QED) is 0.361. The van der Waals surface area contributed by atoms with Gasteiger partial charge in [-0.3, -0.25) is 4.79 Å². The molecule has 1 atom stereocenters. The summed E-state index contributed by atoms with van der Waals surface area (Å²) in [6, 6.07) is 8.05. The van der Waals surface area contributed by atoms with E-state index >= 15 is 0 Å². The van der Waals surface area contributed by atoms with Crippen LogP contribution in [-0.2, 0) is 30.4 Å². The summed E-state index contributed by atoms with van der Waals surface area (Å²) in [5.41, 5.74) is 0.0733. The molecule has 1 aromatic rings. The lowest BCUT2D eigenvalue weighted by Gasteiger charge is -2.23. The van der Waals surface area contributed by atoms with Crippen LogP contribution in [0.25, 0.3) is 0 Å². The maximum absolute atomic E-state index is 12.8. The lowest BCUT2D eigenvalue weighted by atomic mass is 9.99. The summed E-state index contributed by atoms with van der Waals surface area (Å²) in [4.78, 5) is 38.0. The number of ether oxygens (including phenoxy) is 3. The van der Waals surface area contributed by atoms with Gasteiger partial charge in [0.25, 0.3) is 0 Å². The molecular formula is C28H43NO6. The van der Waals surface area contributed by atoms with E-state index in [4.69, 9.17) is 14.2 Å². The molecule has 1 aromatic carbocycles. The van der Waals surface area contributed by atoms with Crippen molar-refractivity contribution in [2.24, 2.45) is 0 Å². The van der Waals surface area contributed by atoms with Crippen molar-refractivity contribution < 1.29 is 28.6 Å². The number of rotatable bonds is 7. The molecule has 1 amide bonds. The van der Waals surface area contributed by atoms with E-state index in [0.717, 1.165) is 44.1 Å². The lowest BCUT2D eigenvalue weighted by Crippen LogP contribution is -2.45. The minimum atomic E-state index is -1.19. The minimum absolute atomic E-state index is 0.0455. The number of carbonyl (C=O) groups excluding carboxylic acids is 3. The Bertz CT molecular complexity index is 761. The third kappa shape index (κ3) is 13.2. The molecule has 1 fully saturated rings. The molecular weight excluding hydrogens is 446 g/mol. The van der Waals surface area contributed by atoms with Gasteiger partial charge in [0.15, 0.2) is 0 Å². The van der Waals surface area contributed by atoms with Gasteiger partial charge in [-0.2, -0.15) is 0 Å². The molecule has 1 N–H and O–H groups in total. The van der Waals surface area contributed by atoms with Gasteiger partial charge in [-0.05, 0) is 52.0 Å². The first-order chi connectivity index (χ1) is 16.7. The molecule has 7 nitrogen and oxygen atoms in total. The first-order valence-electron chi connectivity index (χ1n) is 13.1. The first kappa shape index (κ1) is 28.7. The second kappa shape index (κ2) is 15.4. The molecule has 0 unspecified atom stereocenters. The number of esters is 2. The lowest BCUT2D eigenvalue weighted by molar-refractivity contribution is -0.156. The van der Waals surface area contributed by atoms with Crippen molar-refractivity contribution >= 4 is 18.0 Å². The molecule has 1 saturated carbocycles. The molecule has 1 aliphatic carbocycles. The monoisotopic (exact) mass is 489 g/mol. The molecule has 2 rings (SSSR count). The van der Waals surface area contributed by atoms with Gasteiger partial charge in [-0.15, -0.1) is 0 Å². The Labute approximate surface area is 210 Å². The average molecular weight is 490 g/mol. The number of alkyl carbamates (subject to hydrolysis) is 1. The number of nitrogens with one attached hydrogen (secondary N) is 1. The van der Waals surface area contributed by atoms with E-state index in [2.05, 4.69) is 5.32 Å². The van der Waals surface area contributed by atoms with E-state index in [1.165, 1.54) is 32.1 Å². The van der Waals surface area contributed by atoms with Crippen LogP contribution in [0.5, 0.6) is 0 Å². The van der Waals surface area contributed by atoms with Crippen LogP contribution in [-0.4, -0.2) is 35.8 Å². The molecule has 7 heteroatoms. The largest absolute Gasteiger partial charge is 0.462 e. The predicted octanol–water partition coefficient (Wildman–Crippen LogP) is 6.23. The highest BCUT2D eigenvalue weighted by molar-refractivity contribution is 5.86. The van der Waals surface area contributed by atoms with Gasteiger partial charge in [-0.25, -0.2) is 9.59 Å². The fourth-order valence-electron chi connectivity index (χ4n) is 4.12. The standard InChI is InChI=1S/C28H43NO6/c1-28(2,3)35-27(32)29-24(26(31)33-21-22-16-12-11-13-17-22)20-25(30)34-23-18-14-9-7-5-4-6-8-10-15-19-23/h11-13,16-17,23-24H,4-10,14-15,18-21H2,1-3H3,(H,29,32)/t24-/m0/s1. The highest BCUT2D eigenvalue weighted by Crippen LogP contribution is 2.20. The van der Waals surface area contributed by atoms with Gasteiger partial charge in [0, 0.05) is 0 Å². The van der Waals surface area contributed by atoms with Crippen LogP contribution in [0.1, 0.15) is 103 Å². The van der Waals surface area contributed by atoms with E-state index in [0.29, 0.717) is 0 Å². The Hall–Kier alpha value is -2.57. The summed E-state index contributed by atoms with van der Waals surface area (Å²) in [7, 11) is 0. The average Bonchev–Trinajstić information content (AvgIpc) is 2.78. The molecule has 196 valence electrons. The van der Waals surface area contributed by atoms with Crippen LogP contribution in [0.3, 0.4) is 0 Å². The number of amides is 1. The summed E-state index contributed by atoms with van der Waals surface area (Å²) < 4.78 is 16.5. The molecule has 35 heavy (non-hydrogen) atoms. The van der Waals surface area contributed by atoms with Crippen molar-refractivity contribution in [3.8, 4) is 0 Å². The van der Waals surface area contributed by atoms with Gasteiger partial charge >= 0.3 is 18.0 Å². The van der Waals surface area contributed by atoms with Gasteiger partial charge in [0.2, 0.25) is 0 Å². The summed E-state index contributed by atoms with van der Waals surface area (Å²) in [5, 5.41) is 2.50. The molecule has 0 aromatic heterocycles. The number of benzene rings is 1. The Morgan fingerprint density at radius 3 is 1.97 bits per heavy atom. The molecule has 0 saturated heterocycles. The summed E-state index contributed by atoms with van der Waals surface area (Å²) in [6.07, 6.45) is 11.0. The molecule has 0 radical (unpaired) electrons. The second-order valence-corrected chi connectivity index (χ2v) is 10.4. The Morgan fingerprint density at radius 1 is 0.886 bits per heavy atom. The summed E-state index contributed by atoms with van der Waals surface area (Å²) in [6.45, 7) is 5.23. The maximum atomic E-state index is 12.8. The highest BCUT2D eigenvalue weighted by Gasteiger charge is 2.29. The maximum Gasteiger partial charge on any atom is 0.408 e. The minimum Gasteiger partial charge on any atom is -0.462 e. The van der Waals surface area contributed by atoms with Crippen molar-refractivity contribution in [3.05, 3.63) is 35.9 Å². The van der Waals surface area contributed by atoms with E-state index < -0.39 is 29.7 Å². The number of hydrogen-bond donors (Lipinski definition) is 1. The zero-order valence-electron chi connectivity index (χ0n) is 21.7. The SMILES string of the molecule is CC(C)(C)OC(=O)N[C@@H](CC(=O)OC1CCCCCCCCCCC1)C(=O)OCc1ccccc1. The van der Waals surface area contributed by atoms with Crippen molar-refractivity contribution in [2.75, 3.05) is 0 Å². The van der Waals surface area contributed by atoms with Crippen LogP contribution in [0.2, 0.25) is 0 Å². The van der Waals surface area contributed by atoms with Crippen molar-refractivity contribution in [1.82, 2.24) is 5.32 Å². The van der Waals surface area contributed by atoms with Crippen molar-refractivity contribution in [3.63, 3.8) is 0 Å². The van der Waals surface area contributed by atoms with E-state index in [1.807, 2.05) is 30.3 Å². The van der Waals surface area contributed by atoms with E-state index in [-0.39, 0.29) is 19.1 Å². The topological polar surface area (TPSA) is 90.9 Å². The fraction of sp³-hybridized carbons (Fsp3) is 0.679. The van der Waals surface area contributed by atoms with Crippen molar-refractivity contribution in [2.45, 2.75) is 122 Å². The van der Waals surface area contributed by atoms with Crippen LogP contribution in [0, 0.1) is 0 Å². The smallest absolute Gasteiger partial charge is 0.408 e. The molecule has 0 aliphatic heterocycles. The predicted molar refractivity (Wildman–Crippen MR) is 135 cm³/mol. The van der Waals surface area contributed by atoms with Gasteiger partial charge < -0.3 is 19.5 Å². The molecule has 0 heterocycles. The third-order valence-electron chi connectivity index (χ3n) is 5.92. The van der Waals surface area contributed by atoms with Gasteiger partial charge in [0.1, 0.15) is 24.4 Å².